The summed E-state index contributed by atoms with van der Waals surface area (Å²) in [6, 6.07) is 7.12. The fraction of sp³-hybridized carbons (Fsp3) is 0.278. The molecule has 1 N–H and O–H groups in total. The van der Waals surface area contributed by atoms with E-state index in [0.29, 0.717) is 5.56 Å². The van der Waals surface area contributed by atoms with Gasteiger partial charge in [-0.25, -0.2) is 0 Å². The summed E-state index contributed by atoms with van der Waals surface area (Å²) >= 11 is 0. The first kappa shape index (κ1) is 21.8. The van der Waals surface area contributed by atoms with E-state index in [4.69, 9.17) is 9.47 Å². The van der Waals surface area contributed by atoms with Crippen molar-refractivity contribution < 1.29 is 42.2 Å². The number of carboxylic acids is 1. The number of nitro groups is 1. The third-order valence-corrected chi connectivity index (χ3v) is 3.88. The van der Waals surface area contributed by atoms with E-state index in [0.717, 1.165) is 18.2 Å². The molecule has 0 aromatic heterocycles. The van der Waals surface area contributed by atoms with Gasteiger partial charge in [-0.2, -0.15) is 0 Å². The number of hydrogen-bond donors (Lipinski definition) is 1. The van der Waals surface area contributed by atoms with Gasteiger partial charge in [0.1, 0.15) is 18.1 Å². The molecule has 0 fully saturated rings. The van der Waals surface area contributed by atoms with Crippen molar-refractivity contribution in [1.82, 2.24) is 0 Å². The van der Waals surface area contributed by atoms with Crippen LogP contribution in [0.3, 0.4) is 0 Å². The standard InChI is InChI=1S/C18H16F3NO7/c1-10(17(23)24)14-7-13(27-2)8-15(22(25)26)16(14)28-9-11-3-5-12(6-4-11)29-18(19,20)21/h3-8,10H,9H2,1-2H3,(H,23,24). The average molecular weight is 415 g/mol. The summed E-state index contributed by atoms with van der Waals surface area (Å²) in [7, 11) is 1.28. The lowest BCUT2D eigenvalue weighted by Gasteiger charge is -2.16. The van der Waals surface area contributed by atoms with E-state index >= 15 is 0 Å². The SMILES string of the molecule is COc1cc(C(C)C(=O)O)c(OCc2ccc(OC(F)(F)F)cc2)c([N+](=O)[O-])c1. The van der Waals surface area contributed by atoms with Gasteiger partial charge in [0.05, 0.1) is 24.0 Å². The van der Waals surface area contributed by atoms with Crippen LogP contribution in [0.5, 0.6) is 17.2 Å². The fourth-order valence-corrected chi connectivity index (χ4v) is 2.42. The molecule has 1 unspecified atom stereocenters. The molecule has 2 aromatic rings. The fourth-order valence-electron chi connectivity index (χ4n) is 2.42. The lowest BCUT2D eigenvalue weighted by Crippen LogP contribution is -2.17. The number of methoxy groups -OCH3 is 1. The zero-order chi connectivity index (χ0) is 21.8. The molecule has 0 spiro atoms. The van der Waals surface area contributed by atoms with Crippen molar-refractivity contribution in [3.05, 3.63) is 57.6 Å². The minimum atomic E-state index is -4.83. The van der Waals surface area contributed by atoms with Crippen molar-refractivity contribution in [1.29, 1.82) is 0 Å². The summed E-state index contributed by atoms with van der Waals surface area (Å²) in [5, 5.41) is 20.7. The summed E-state index contributed by atoms with van der Waals surface area (Å²) < 4.78 is 50.9. The number of rotatable bonds is 8. The molecule has 0 amide bonds. The summed E-state index contributed by atoms with van der Waals surface area (Å²) in [5.41, 5.74) is -0.0800. The van der Waals surface area contributed by atoms with Crippen LogP contribution in [0.1, 0.15) is 24.0 Å². The van der Waals surface area contributed by atoms with Crippen LogP contribution in [0, 0.1) is 10.1 Å². The van der Waals surface area contributed by atoms with Crippen molar-refractivity contribution in [2.75, 3.05) is 7.11 Å². The number of carboxylic acid groups (broad SMARTS) is 1. The van der Waals surface area contributed by atoms with Crippen LogP contribution in [0.2, 0.25) is 0 Å². The van der Waals surface area contributed by atoms with E-state index in [9.17, 15) is 33.2 Å². The first-order valence-electron chi connectivity index (χ1n) is 8.08. The molecule has 2 aromatic carbocycles. The predicted molar refractivity (Wildman–Crippen MR) is 93.2 cm³/mol. The maximum Gasteiger partial charge on any atom is 0.573 e. The molecule has 2 rings (SSSR count). The first-order chi connectivity index (χ1) is 13.5. The van der Waals surface area contributed by atoms with Crippen molar-refractivity contribution in [3.8, 4) is 17.2 Å². The van der Waals surface area contributed by atoms with Crippen LogP contribution < -0.4 is 14.2 Å². The molecule has 156 valence electrons. The number of nitro benzene ring substituents is 1. The highest BCUT2D eigenvalue weighted by atomic mass is 19.4. The molecule has 0 radical (unpaired) electrons. The molecule has 0 aliphatic carbocycles. The van der Waals surface area contributed by atoms with Crippen LogP contribution in [0.15, 0.2) is 36.4 Å². The smallest absolute Gasteiger partial charge is 0.496 e. The van der Waals surface area contributed by atoms with Gasteiger partial charge in [-0.3, -0.25) is 14.9 Å². The third-order valence-electron chi connectivity index (χ3n) is 3.88. The summed E-state index contributed by atoms with van der Waals surface area (Å²) in [6.07, 6.45) is -4.83. The van der Waals surface area contributed by atoms with Gasteiger partial charge in [-0.15, -0.1) is 13.2 Å². The number of aliphatic carboxylic acids is 1. The minimum Gasteiger partial charge on any atom is -0.496 e. The van der Waals surface area contributed by atoms with Gasteiger partial charge in [0, 0.05) is 5.56 Å². The molecular weight excluding hydrogens is 399 g/mol. The largest absolute Gasteiger partial charge is 0.573 e. The molecule has 0 saturated heterocycles. The second kappa shape index (κ2) is 8.67. The van der Waals surface area contributed by atoms with E-state index in [1.54, 1.807) is 0 Å². The van der Waals surface area contributed by atoms with E-state index in [-0.39, 0.29) is 23.7 Å². The third kappa shape index (κ3) is 5.74. The van der Waals surface area contributed by atoms with Crippen LogP contribution >= 0.6 is 0 Å². The molecule has 8 nitrogen and oxygen atoms in total. The van der Waals surface area contributed by atoms with E-state index < -0.39 is 34.6 Å². The van der Waals surface area contributed by atoms with Crippen LogP contribution in [-0.4, -0.2) is 29.5 Å². The highest BCUT2D eigenvalue weighted by Gasteiger charge is 2.31. The average Bonchev–Trinajstić information content (AvgIpc) is 2.64. The lowest BCUT2D eigenvalue weighted by molar-refractivity contribution is -0.386. The Labute approximate surface area is 162 Å². The second-order valence-electron chi connectivity index (χ2n) is 5.86. The maximum atomic E-state index is 12.2. The number of benzene rings is 2. The number of carbonyl (C=O) groups is 1. The van der Waals surface area contributed by atoms with E-state index in [1.807, 2.05) is 0 Å². The van der Waals surface area contributed by atoms with Crippen molar-refractivity contribution in [2.24, 2.45) is 0 Å². The zero-order valence-electron chi connectivity index (χ0n) is 15.2. The Bertz CT molecular complexity index is 898. The monoisotopic (exact) mass is 415 g/mol. The summed E-state index contributed by atoms with van der Waals surface area (Å²) in [4.78, 5) is 22.1. The van der Waals surface area contributed by atoms with Gasteiger partial charge >= 0.3 is 18.0 Å². The van der Waals surface area contributed by atoms with Gasteiger partial charge < -0.3 is 19.3 Å². The Kier molecular flexibility index (Phi) is 6.52. The molecule has 29 heavy (non-hydrogen) atoms. The van der Waals surface area contributed by atoms with Gasteiger partial charge in [-0.1, -0.05) is 12.1 Å². The first-order valence-corrected chi connectivity index (χ1v) is 8.08. The Morgan fingerprint density at radius 2 is 1.83 bits per heavy atom. The summed E-state index contributed by atoms with van der Waals surface area (Å²) in [5.74, 6) is -2.98. The van der Waals surface area contributed by atoms with Crippen molar-refractivity contribution in [3.63, 3.8) is 0 Å². The number of ether oxygens (including phenoxy) is 3. The maximum absolute atomic E-state index is 12.2. The van der Waals surface area contributed by atoms with Gasteiger partial charge in [-0.05, 0) is 30.7 Å². The van der Waals surface area contributed by atoms with Crippen molar-refractivity contribution >= 4 is 11.7 Å². The quantitative estimate of drug-likeness (QED) is 0.507. The van der Waals surface area contributed by atoms with Crippen LogP contribution in [0.25, 0.3) is 0 Å². The predicted octanol–water partition coefficient (Wildman–Crippen LogP) is 4.27. The van der Waals surface area contributed by atoms with Crippen LogP contribution in [0.4, 0.5) is 18.9 Å². The molecule has 11 heteroatoms. The molecule has 0 saturated carbocycles. The highest BCUT2D eigenvalue weighted by molar-refractivity contribution is 5.78. The van der Waals surface area contributed by atoms with Gasteiger partial charge in [0.2, 0.25) is 5.75 Å². The van der Waals surface area contributed by atoms with E-state index in [1.165, 1.54) is 32.2 Å². The highest BCUT2D eigenvalue weighted by Crippen LogP contribution is 2.40. The number of nitrogens with zero attached hydrogens (tertiary/aromatic N) is 1. The molecular formula is C18H16F3NO7. The minimum absolute atomic E-state index is 0.0283. The van der Waals surface area contributed by atoms with Gasteiger partial charge in [0.25, 0.3) is 0 Å². The van der Waals surface area contributed by atoms with Crippen LogP contribution in [-0.2, 0) is 11.4 Å². The van der Waals surface area contributed by atoms with Gasteiger partial charge in [0.15, 0.2) is 0 Å². The lowest BCUT2D eigenvalue weighted by atomic mass is 9.99. The molecule has 0 aliphatic heterocycles. The number of hydrogen-bond acceptors (Lipinski definition) is 6. The summed E-state index contributed by atoms with van der Waals surface area (Å²) in [6.45, 7) is 1.08. The number of alkyl halides is 3. The Hall–Kier alpha value is -3.50. The molecule has 0 aliphatic rings. The number of halogens is 3. The van der Waals surface area contributed by atoms with E-state index in [2.05, 4.69) is 4.74 Å². The molecule has 0 heterocycles. The molecule has 1 atom stereocenters. The zero-order valence-corrected chi connectivity index (χ0v) is 15.2. The Balaban J connectivity index is 2.33. The Morgan fingerprint density at radius 3 is 2.31 bits per heavy atom. The second-order valence-corrected chi connectivity index (χ2v) is 5.86. The molecule has 0 bridgehead atoms. The topological polar surface area (TPSA) is 108 Å². The van der Waals surface area contributed by atoms with Crippen molar-refractivity contribution in [2.45, 2.75) is 25.8 Å². The Morgan fingerprint density at radius 1 is 1.21 bits per heavy atom. The normalized spacial score (nSPS) is 12.2.